The summed E-state index contributed by atoms with van der Waals surface area (Å²) in [6, 6.07) is -0.306. The van der Waals surface area contributed by atoms with Crippen molar-refractivity contribution in [3.05, 3.63) is 36.2 Å². The molecule has 4 nitrogen and oxygen atoms in total. The van der Waals surface area contributed by atoms with Gasteiger partial charge in [-0.1, -0.05) is 12.2 Å². The van der Waals surface area contributed by atoms with E-state index in [1.165, 1.54) is 0 Å². The number of carboxylic acid groups (broad SMARTS) is 1. The van der Waals surface area contributed by atoms with Crippen molar-refractivity contribution in [2.24, 2.45) is 0 Å². The van der Waals surface area contributed by atoms with E-state index in [4.69, 9.17) is 5.11 Å². The molecule has 2 atom stereocenters. The molecule has 2 heterocycles. The third-order valence-electron chi connectivity index (χ3n) is 2.91. The van der Waals surface area contributed by atoms with E-state index in [9.17, 15) is 4.79 Å². The molecule has 0 amide bonds. The Morgan fingerprint density at radius 2 is 2.19 bits per heavy atom. The molecule has 0 aromatic heterocycles. The Morgan fingerprint density at radius 3 is 3.00 bits per heavy atom. The van der Waals surface area contributed by atoms with Crippen molar-refractivity contribution >= 4 is 5.97 Å². The number of carbonyl (C=O) groups is 1. The maximum absolute atomic E-state index is 10.9. The minimum Gasteiger partial charge on any atom is -0.480 e. The van der Waals surface area contributed by atoms with Crippen molar-refractivity contribution in [2.75, 3.05) is 0 Å². The highest BCUT2D eigenvalue weighted by Crippen LogP contribution is 2.18. The lowest BCUT2D eigenvalue weighted by Gasteiger charge is -2.30. The van der Waals surface area contributed by atoms with Crippen LogP contribution in [0.15, 0.2) is 36.2 Å². The van der Waals surface area contributed by atoms with Crippen LogP contribution in [0.3, 0.4) is 0 Å². The standard InChI is InChI=1S/C12H16N2O2/c15-12(16)11-7-4-6-10(14-11)9-5-2-1-3-8-13-9/h1-3,5,8,10-11,13-14H,4,6-7H2,(H,15,16). The van der Waals surface area contributed by atoms with Crippen LogP contribution in [0, 0.1) is 0 Å². The van der Waals surface area contributed by atoms with Gasteiger partial charge >= 0.3 is 5.97 Å². The second kappa shape index (κ2) is 4.99. The van der Waals surface area contributed by atoms with E-state index in [2.05, 4.69) is 10.6 Å². The molecule has 2 aliphatic heterocycles. The lowest BCUT2D eigenvalue weighted by atomic mass is 9.96. The molecular formula is C12H16N2O2. The Morgan fingerprint density at radius 1 is 1.31 bits per heavy atom. The molecule has 0 bridgehead atoms. The van der Waals surface area contributed by atoms with Crippen LogP contribution in [0.2, 0.25) is 0 Å². The van der Waals surface area contributed by atoms with E-state index in [0.717, 1.165) is 18.5 Å². The molecule has 3 N–H and O–H groups in total. The average molecular weight is 220 g/mol. The van der Waals surface area contributed by atoms with Gasteiger partial charge in [-0.05, 0) is 31.4 Å². The summed E-state index contributed by atoms with van der Waals surface area (Å²) in [5, 5.41) is 15.3. The van der Waals surface area contributed by atoms with Crippen molar-refractivity contribution in [3.8, 4) is 0 Å². The number of rotatable bonds is 2. The predicted molar refractivity (Wildman–Crippen MR) is 61.7 cm³/mol. The van der Waals surface area contributed by atoms with Gasteiger partial charge in [0.15, 0.2) is 0 Å². The fourth-order valence-corrected chi connectivity index (χ4v) is 2.06. The molecule has 0 aromatic rings. The highest BCUT2D eigenvalue weighted by Gasteiger charge is 2.27. The molecule has 0 aromatic carbocycles. The maximum atomic E-state index is 10.9. The van der Waals surface area contributed by atoms with Gasteiger partial charge in [-0.25, -0.2) is 0 Å². The van der Waals surface area contributed by atoms with Crippen molar-refractivity contribution in [1.29, 1.82) is 0 Å². The second-order valence-corrected chi connectivity index (χ2v) is 4.05. The minimum atomic E-state index is -0.759. The van der Waals surface area contributed by atoms with Gasteiger partial charge in [0.1, 0.15) is 6.04 Å². The van der Waals surface area contributed by atoms with Crippen LogP contribution in [0.1, 0.15) is 19.3 Å². The highest BCUT2D eigenvalue weighted by atomic mass is 16.4. The number of hydrogen-bond acceptors (Lipinski definition) is 3. The molecule has 2 rings (SSSR count). The van der Waals surface area contributed by atoms with Crippen LogP contribution in [0.4, 0.5) is 0 Å². The van der Waals surface area contributed by atoms with Gasteiger partial charge < -0.3 is 10.4 Å². The van der Waals surface area contributed by atoms with E-state index in [1.54, 1.807) is 0 Å². The fourth-order valence-electron chi connectivity index (χ4n) is 2.06. The molecule has 16 heavy (non-hydrogen) atoms. The minimum absolute atomic E-state index is 0.113. The molecule has 0 spiro atoms. The molecule has 1 saturated heterocycles. The Bertz CT molecular complexity index is 358. The number of piperidine rings is 1. The number of allylic oxidation sites excluding steroid dienone is 4. The number of aliphatic carboxylic acids is 1. The van der Waals surface area contributed by atoms with Gasteiger partial charge in [-0.2, -0.15) is 0 Å². The molecule has 86 valence electrons. The first-order valence-electron chi connectivity index (χ1n) is 5.56. The summed E-state index contributed by atoms with van der Waals surface area (Å²) in [5.41, 5.74) is 1.04. The highest BCUT2D eigenvalue weighted by molar-refractivity contribution is 5.73. The summed E-state index contributed by atoms with van der Waals surface area (Å²) < 4.78 is 0. The van der Waals surface area contributed by atoms with Crippen LogP contribution < -0.4 is 10.6 Å². The zero-order valence-corrected chi connectivity index (χ0v) is 9.02. The third kappa shape index (κ3) is 2.52. The van der Waals surface area contributed by atoms with Crippen LogP contribution in [0.25, 0.3) is 0 Å². The number of carboxylic acids is 1. The molecular weight excluding hydrogens is 204 g/mol. The molecule has 2 aliphatic rings. The van der Waals surface area contributed by atoms with E-state index in [-0.39, 0.29) is 6.04 Å². The summed E-state index contributed by atoms with van der Waals surface area (Å²) >= 11 is 0. The lowest BCUT2D eigenvalue weighted by molar-refractivity contribution is -0.140. The predicted octanol–water partition coefficient (Wildman–Crippen LogP) is 1.14. The first-order chi connectivity index (χ1) is 7.77. The SMILES string of the molecule is O=C(O)C1CCCC(C2=CC=CC=CN2)N1. The first-order valence-corrected chi connectivity index (χ1v) is 5.56. The molecule has 0 radical (unpaired) electrons. The van der Waals surface area contributed by atoms with Crippen molar-refractivity contribution < 1.29 is 9.90 Å². The molecule has 4 heteroatoms. The topological polar surface area (TPSA) is 61.4 Å². The third-order valence-corrected chi connectivity index (χ3v) is 2.91. The normalized spacial score (nSPS) is 29.1. The monoisotopic (exact) mass is 220 g/mol. The van der Waals surface area contributed by atoms with E-state index in [1.807, 2.05) is 30.5 Å². The second-order valence-electron chi connectivity index (χ2n) is 4.05. The summed E-state index contributed by atoms with van der Waals surface area (Å²) in [5.74, 6) is -0.759. The maximum Gasteiger partial charge on any atom is 0.320 e. The van der Waals surface area contributed by atoms with Gasteiger partial charge in [0.2, 0.25) is 0 Å². The van der Waals surface area contributed by atoms with Crippen molar-refractivity contribution in [1.82, 2.24) is 10.6 Å². The number of nitrogens with one attached hydrogen (secondary N) is 2. The van der Waals surface area contributed by atoms with Gasteiger partial charge in [0.05, 0.1) is 0 Å². The largest absolute Gasteiger partial charge is 0.480 e. The van der Waals surface area contributed by atoms with Gasteiger partial charge in [-0.3, -0.25) is 10.1 Å². The van der Waals surface area contributed by atoms with E-state index < -0.39 is 12.0 Å². The summed E-state index contributed by atoms with van der Waals surface area (Å²) in [6.07, 6.45) is 12.3. The first kappa shape index (κ1) is 11.0. The average Bonchev–Trinajstić information content (AvgIpc) is 2.57. The molecule has 2 unspecified atom stereocenters. The van der Waals surface area contributed by atoms with Crippen LogP contribution in [0.5, 0.6) is 0 Å². The van der Waals surface area contributed by atoms with Crippen molar-refractivity contribution in [2.45, 2.75) is 31.3 Å². The Hall–Kier alpha value is -1.55. The summed E-state index contributed by atoms with van der Waals surface area (Å²) in [6.45, 7) is 0. The van der Waals surface area contributed by atoms with Gasteiger partial charge in [-0.15, -0.1) is 0 Å². The quantitative estimate of drug-likeness (QED) is 0.653. The Balaban J connectivity index is 2.04. The lowest BCUT2D eigenvalue weighted by Crippen LogP contribution is -2.49. The number of hydrogen-bond donors (Lipinski definition) is 3. The molecule has 1 fully saturated rings. The molecule has 0 saturated carbocycles. The van der Waals surface area contributed by atoms with Gasteiger partial charge in [0.25, 0.3) is 0 Å². The Kier molecular flexibility index (Phi) is 3.41. The van der Waals surface area contributed by atoms with Crippen LogP contribution in [-0.4, -0.2) is 23.2 Å². The van der Waals surface area contributed by atoms with E-state index >= 15 is 0 Å². The smallest absolute Gasteiger partial charge is 0.320 e. The Labute approximate surface area is 94.7 Å². The fraction of sp³-hybridized carbons (Fsp3) is 0.417. The van der Waals surface area contributed by atoms with E-state index in [0.29, 0.717) is 6.42 Å². The van der Waals surface area contributed by atoms with Crippen LogP contribution >= 0.6 is 0 Å². The zero-order chi connectivity index (χ0) is 11.4. The summed E-state index contributed by atoms with van der Waals surface area (Å²) in [7, 11) is 0. The van der Waals surface area contributed by atoms with Gasteiger partial charge in [0, 0.05) is 17.9 Å². The zero-order valence-electron chi connectivity index (χ0n) is 9.02. The summed E-state index contributed by atoms with van der Waals surface area (Å²) in [4.78, 5) is 10.9. The van der Waals surface area contributed by atoms with Crippen molar-refractivity contribution in [3.63, 3.8) is 0 Å². The van der Waals surface area contributed by atoms with Crippen LogP contribution in [-0.2, 0) is 4.79 Å². The molecule has 0 aliphatic carbocycles.